The van der Waals surface area contributed by atoms with Crippen LogP contribution in [-0.4, -0.2) is 96.2 Å². The Kier molecular flexibility index (Phi) is 11.7. The van der Waals surface area contributed by atoms with Crippen molar-refractivity contribution in [2.45, 2.75) is 9.79 Å². The molecule has 6 N–H and O–H groups in total. The maximum atomic E-state index is 12.0. The molecule has 0 aliphatic carbocycles. The smallest absolute Gasteiger partial charge is 0.316 e. The van der Waals surface area contributed by atoms with Crippen molar-refractivity contribution in [2.24, 2.45) is 26.2 Å². The van der Waals surface area contributed by atoms with Crippen molar-refractivity contribution in [3.05, 3.63) is 72.8 Å². The minimum atomic E-state index is -4.84. The van der Waals surface area contributed by atoms with Crippen LogP contribution >= 0.6 is 0 Å². The molecule has 14 nitrogen and oxygen atoms in total. The number of phenolic OH excluding ortho intramolecular Hbond substituents is 1. The van der Waals surface area contributed by atoms with E-state index in [-0.39, 0.29) is 86.2 Å². The second kappa shape index (κ2) is 13.9. The van der Waals surface area contributed by atoms with E-state index in [0.717, 1.165) is 6.07 Å². The van der Waals surface area contributed by atoms with Crippen molar-refractivity contribution in [1.29, 1.82) is 0 Å². The fourth-order valence-corrected chi connectivity index (χ4v) is 4.50. The van der Waals surface area contributed by atoms with Gasteiger partial charge in [0.15, 0.2) is 5.75 Å². The number of azo groups is 2. The van der Waals surface area contributed by atoms with E-state index in [1.54, 1.807) is 0 Å². The number of amides is 2. The van der Waals surface area contributed by atoms with Gasteiger partial charge in [-0.1, -0.05) is 0 Å². The van der Waals surface area contributed by atoms with Gasteiger partial charge in [-0.15, -0.1) is 5.11 Å². The van der Waals surface area contributed by atoms with Crippen LogP contribution in [0.3, 0.4) is 0 Å². The molecular weight excluding hydrogens is 598 g/mol. The fourth-order valence-electron chi connectivity index (χ4n) is 3.36. The quantitative estimate of drug-likeness (QED) is 0.111. The standard InChI is InChI=1S/C23H18N6O8S2.2Na/c24-23(31)25-17-7-10-19-13(11-17)12-20(39(35,36)37)21(22(19)30)29-28-15-3-1-14(2-4-15)26-27-16-5-8-18(9-6-16)38(32,33)34;;/h1-12,30H,(H3,24,25,31)(H,32,33,34)(H,35,36,37);;. The number of carbonyl (C=O) groups excluding carboxylic acids is 1. The van der Waals surface area contributed by atoms with Gasteiger partial charge >= 0.3 is 6.03 Å². The Morgan fingerprint density at radius 3 is 1.66 bits per heavy atom. The number of hydrogen-bond acceptors (Lipinski definition) is 10. The van der Waals surface area contributed by atoms with Crippen LogP contribution in [-0.2, 0) is 20.2 Å². The molecule has 41 heavy (non-hydrogen) atoms. The molecule has 0 saturated carbocycles. The normalized spacial score (nSPS) is 11.8. The SMILES string of the molecule is NC(=O)Nc1ccc2c(O)c(N=Nc3ccc(N=Nc4ccc(S(=O)(=O)O)cc4)cc3)c(S(=O)(=O)O)cc2c1.[Na].[Na]. The summed E-state index contributed by atoms with van der Waals surface area (Å²) in [5.74, 6) is -0.570. The Morgan fingerprint density at radius 1 is 0.707 bits per heavy atom. The molecule has 0 atom stereocenters. The Balaban J connectivity index is 0.00000294. The second-order valence-electron chi connectivity index (χ2n) is 7.86. The first-order valence-corrected chi connectivity index (χ1v) is 13.5. The van der Waals surface area contributed by atoms with E-state index < -0.39 is 42.6 Å². The van der Waals surface area contributed by atoms with Gasteiger partial charge in [0.2, 0.25) is 0 Å². The summed E-state index contributed by atoms with van der Waals surface area (Å²) in [6, 6.07) is 15.4. The first kappa shape index (κ1) is 34.4. The minimum absolute atomic E-state index is 0. The van der Waals surface area contributed by atoms with Gasteiger partial charge in [-0.25, -0.2) is 4.79 Å². The average molecular weight is 617 g/mol. The third-order valence-corrected chi connectivity index (χ3v) is 6.86. The number of phenols is 1. The maximum Gasteiger partial charge on any atom is 0.316 e. The van der Waals surface area contributed by atoms with Gasteiger partial charge < -0.3 is 16.2 Å². The number of carbonyl (C=O) groups is 1. The molecule has 0 saturated heterocycles. The first-order chi connectivity index (χ1) is 18.3. The van der Waals surface area contributed by atoms with Crippen molar-refractivity contribution in [1.82, 2.24) is 0 Å². The van der Waals surface area contributed by atoms with Crippen LogP contribution in [0.1, 0.15) is 0 Å². The summed E-state index contributed by atoms with van der Waals surface area (Å²) < 4.78 is 65.0. The summed E-state index contributed by atoms with van der Waals surface area (Å²) >= 11 is 0. The van der Waals surface area contributed by atoms with Gasteiger partial charge in [-0.05, 0) is 78.2 Å². The van der Waals surface area contributed by atoms with Gasteiger partial charge in [0.05, 0.1) is 22.0 Å². The third-order valence-electron chi connectivity index (χ3n) is 5.13. The number of anilines is 1. The zero-order chi connectivity index (χ0) is 28.4. The molecule has 0 spiro atoms. The summed E-state index contributed by atoms with van der Waals surface area (Å²) in [6.45, 7) is 0. The first-order valence-electron chi connectivity index (χ1n) is 10.7. The van der Waals surface area contributed by atoms with Gasteiger partial charge in [-0.3, -0.25) is 9.11 Å². The molecule has 0 aliphatic heterocycles. The number of fused-ring (bicyclic) bond motifs is 1. The van der Waals surface area contributed by atoms with E-state index in [1.807, 2.05) is 0 Å². The van der Waals surface area contributed by atoms with E-state index in [9.17, 15) is 31.3 Å². The number of nitrogens with one attached hydrogen (secondary N) is 1. The largest absolute Gasteiger partial charge is 0.505 e. The van der Waals surface area contributed by atoms with Crippen LogP contribution < -0.4 is 11.1 Å². The molecule has 0 fully saturated rings. The number of rotatable bonds is 7. The number of hydrogen-bond donors (Lipinski definition) is 5. The number of primary amides is 1. The van der Waals surface area contributed by atoms with Crippen molar-refractivity contribution in [3.63, 3.8) is 0 Å². The summed E-state index contributed by atoms with van der Waals surface area (Å²) in [5.41, 5.74) is 5.78. The zero-order valence-electron chi connectivity index (χ0n) is 21.5. The molecule has 18 heteroatoms. The minimum Gasteiger partial charge on any atom is -0.505 e. The molecule has 4 aromatic carbocycles. The van der Waals surface area contributed by atoms with Crippen molar-refractivity contribution in [3.8, 4) is 5.75 Å². The number of urea groups is 1. The Labute approximate surface area is 277 Å². The van der Waals surface area contributed by atoms with E-state index in [1.165, 1.54) is 66.7 Å². The molecule has 0 bridgehead atoms. The molecular formula is C23H18N6Na2O8S2. The van der Waals surface area contributed by atoms with Gasteiger partial charge in [-0.2, -0.15) is 32.2 Å². The van der Waals surface area contributed by atoms with Crippen LogP contribution in [0.25, 0.3) is 10.8 Å². The number of nitrogens with zero attached hydrogens (tertiary/aromatic N) is 4. The topological polar surface area (TPSA) is 234 Å². The Hall–Kier alpha value is -2.77. The molecule has 0 aromatic heterocycles. The van der Waals surface area contributed by atoms with Crippen LogP contribution in [0.2, 0.25) is 0 Å². The molecule has 2 radical (unpaired) electrons. The summed E-state index contributed by atoms with van der Waals surface area (Å²) in [6.07, 6.45) is 0. The van der Waals surface area contributed by atoms with Gasteiger partial charge in [0.25, 0.3) is 20.2 Å². The van der Waals surface area contributed by atoms with Gasteiger partial charge in [0.1, 0.15) is 10.6 Å². The van der Waals surface area contributed by atoms with Crippen LogP contribution in [0.4, 0.5) is 33.2 Å². The molecule has 0 heterocycles. The van der Waals surface area contributed by atoms with Crippen LogP contribution in [0.15, 0.2) is 103 Å². The second-order valence-corrected chi connectivity index (χ2v) is 10.7. The summed E-state index contributed by atoms with van der Waals surface area (Å²) in [5, 5.41) is 29.1. The van der Waals surface area contributed by atoms with E-state index in [2.05, 4.69) is 25.8 Å². The van der Waals surface area contributed by atoms with Crippen molar-refractivity contribution >= 4 is 125 Å². The Bertz CT molecular complexity index is 1870. The van der Waals surface area contributed by atoms with E-state index in [0.29, 0.717) is 11.4 Å². The molecule has 4 rings (SSSR count). The number of nitrogens with two attached hydrogens (primary N) is 1. The zero-order valence-corrected chi connectivity index (χ0v) is 27.1. The summed E-state index contributed by atoms with van der Waals surface area (Å²) in [7, 11) is -9.16. The molecule has 0 aliphatic rings. The molecule has 0 unspecified atom stereocenters. The monoisotopic (exact) mass is 616 g/mol. The van der Waals surface area contributed by atoms with Crippen molar-refractivity contribution in [2.75, 3.05) is 5.32 Å². The number of benzene rings is 4. The van der Waals surface area contributed by atoms with E-state index in [4.69, 9.17) is 10.3 Å². The number of aromatic hydroxyl groups is 1. The predicted octanol–water partition coefficient (Wildman–Crippen LogP) is 4.60. The fraction of sp³-hybridized carbons (Fsp3) is 0. The average Bonchev–Trinajstić information content (AvgIpc) is 2.86. The predicted molar refractivity (Wildman–Crippen MR) is 151 cm³/mol. The van der Waals surface area contributed by atoms with Gasteiger partial charge in [0, 0.05) is 70.2 Å². The summed E-state index contributed by atoms with van der Waals surface area (Å²) in [4.78, 5) is 10.1. The third kappa shape index (κ3) is 8.86. The van der Waals surface area contributed by atoms with Crippen molar-refractivity contribution < 1.29 is 35.8 Å². The molecule has 2 amide bonds. The van der Waals surface area contributed by atoms with Crippen LogP contribution in [0.5, 0.6) is 5.75 Å². The Morgan fingerprint density at radius 2 is 1.20 bits per heavy atom. The molecule has 4 aromatic rings. The van der Waals surface area contributed by atoms with Crippen LogP contribution in [0, 0.1) is 0 Å². The molecule has 202 valence electrons. The van der Waals surface area contributed by atoms with E-state index >= 15 is 0 Å². The maximum absolute atomic E-state index is 12.0.